The summed E-state index contributed by atoms with van der Waals surface area (Å²) in [6.45, 7) is 3.88. The molecule has 0 aliphatic carbocycles. The van der Waals surface area contributed by atoms with Gasteiger partial charge in [0.1, 0.15) is 11.4 Å². The second-order valence-electron chi connectivity index (χ2n) is 6.20. The minimum absolute atomic E-state index is 0.0914. The van der Waals surface area contributed by atoms with E-state index in [1.54, 1.807) is 7.11 Å². The van der Waals surface area contributed by atoms with Crippen LogP contribution in [0.1, 0.15) is 11.1 Å². The van der Waals surface area contributed by atoms with Gasteiger partial charge in [0.15, 0.2) is 0 Å². The highest BCUT2D eigenvalue weighted by Crippen LogP contribution is 2.34. The summed E-state index contributed by atoms with van der Waals surface area (Å²) in [5.74, 6) is 3.08. The van der Waals surface area contributed by atoms with Crippen LogP contribution >= 0.6 is 11.8 Å². The topological polar surface area (TPSA) is 76.3 Å². The highest BCUT2D eigenvalue weighted by atomic mass is 32.2. The minimum atomic E-state index is -4.53. The molecule has 0 unspecified atom stereocenters. The van der Waals surface area contributed by atoms with Crippen molar-refractivity contribution in [2.75, 3.05) is 7.11 Å². The number of alkyl halides is 3. The number of fused-ring (bicyclic) bond motifs is 1. The van der Waals surface area contributed by atoms with Crippen LogP contribution in [0.15, 0.2) is 69.8 Å². The van der Waals surface area contributed by atoms with Crippen LogP contribution in [0.25, 0.3) is 16.7 Å². The van der Waals surface area contributed by atoms with E-state index in [-0.39, 0.29) is 22.3 Å². The lowest BCUT2D eigenvalue weighted by atomic mass is 10.1. The van der Waals surface area contributed by atoms with Gasteiger partial charge in [-0.05, 0) is 18.2 Å². The van der Waals surface area contributed by atoms with Crippen LogP contribution < -0.4 is 10.5 Å². The number of H-pyrrole nitrogens is 1. The maximum atomic E-state index is 13.1. The monoisotopic (exact) mass is 442 g/mol. The largest absolute Gasteiger partial charge is 0.496 e. The average Bonchev–Trinajstić information content (AvgIpc) is 3.17. The molecule has 3 rings (SSSR count). The summed E-state index contributed by atoms with van der Waals surface area (Å²) in [7, 11) is 1.56. The predicted octanol–water partition coefficient (Wildman–Crippen LogP) is 5.23. The molecule has 0 fully saturated rings. The first kappa shape index (κ1) is 22.1. The van der Waals surface area contributed by atoms with Gasteiger partial charge < -0.3 is 15.5 Å². The molecule has 1 aromatic carbocycles. The van der Waals surface area contributed by atoms with E-state index >= 15 is 0 Å². The molecule has 9 heteroatoms. The zero-order valence-corrected chi connectivity index (χ0v) is 17.1. The number of halogens is 3. The van der Waals surface area contributed by atoms with E-state index in [1.165, 1.54) is 24.2 Å². The van der Waals surface area contributed by atoms with Gasteiger partial charge in [0.05, 0.1) is 33.9 Å². The number of para-hydroxylation sites is 1. The number of nitrogens with zero attached hydrogens (tertiary/aromatic N) is 2. The first-order valence-electron chi connectivity index (χ1n) is 8.79. The molecule has 2 aromatic heterocycles. The fraction of sp³-hybridized carbons (Fsp3) is 0.0909. The molecular weight excluding hydrogens is 425 g/mol. The highest BCUT2D eigenvalue weighted by molar-refractivity contribution is 8.03. The summed E-state index contributed by atoms with van der Waals surface area (Å²) < 4.78 is 44.5. The van der Waals surface area contributed by atoms with Gasteiger partial charge in [-0.15, -0.1) is 6.42 Å². The number of hydrogen-bond donors (Lipinski definition) is 2. The Bertz CT molecular complexity index is 1240. The third-order valence-corrected chi connectivity index (χ3v) is 5.13. The second kappa shape index (κ2) is 9.02. The Balaban J connectivity index is 1.91. The van der Waals surface area contributed by atoms with Crippen molar-refractivity contribution in [3.63, 3.8) is 0 Å². The van der Waals surface area contributed by atoms with Crippen molar-refractivity contribution in [2.24, 2.45) is 10.7 Å². The Morgan fingerprint density at radius 2 is 2.13 bits per heavy atom. The molecule has 0 bridgehead atoms. The number of allylic oxidation sites excluding steroid dienone is 1. The van der Waals surface area contributed by atoms with Crippen molar-refractivity contribution in [3.05, 3.63) is 71.0 Å². The summed E-state index contributed by atoms with van der Waals surface area (Å²) in [5.41, 5.74) is 6.13. The number of thioether (sulfide) groups is 1. The van der Waals surface area contributed by atoms with Gasteiger partial charge in [0.2, 0.25) is 0 Å². The number of aromatic nitrogens is 2. The summed E-state index contributed by atoms with van der Waals surface area (Å²) in [5, 5.41) is 0.626. The molecule has 2 heterocycles. The van der Waals surface area contributed by atoms with Crippen molar-refractivity contribution in [2.45, 2.75) is 11.1 Å². The molecule has 5 nitrogen and oxygen atoms in total. The van der Waals surface area contributed by atoms with Gasteiger partial charge in [-0.3, -0.25) is 0 Å². The molecule has 3 N–H and O–H groups in total. The maximum absolute atomic E-state index is 13.1. The highest BCUT2D eigenvalue weighted by Gasteiger charge is 2.31. The van der Waals surface area contributed by atoms with Gasteiger partial charge in [-0.25, -0.2) is 9.98 Å². The maximum Gasteiger partial charge on any atom is 0.417 e. The molecule has 0 aliphatic rings. The van der Waals surface area contributed by atoms with Gasteiger partial charge in [0.25, 0.3) is 0 Å². The van der Waals surface area contributed by atoms with Crippen molar-refractivity contribution in [1.29, 1.82) is 0 Å². The SMILES string of the molecule is C#C/C(C=NC(=C)Sc1ccccc1OC)=C(/N)c1c[nH]c2ncc(C(F)(F)F)cc12. The van der Waals surface area contributed by atoms with Crippen molar-refractivity contribution < 1.29 is 17.9 Å². The average molecular weight is 442 g/mol. The van der Waals surface area contributed by atoms with Crippen molar-refractivity contribution >= 4 is 34.7 Å². The third-order valence-electron chi connectivity index (χ3n) is 4.23. The lowest BCUT2D eigenvalue weighted by Crippen LogP contribution is -2.06. The van der Waals surface area contributed by atoms with Gasteiger partial charge in [0, 0.05) is 29.6 Å². The first-order valence-corrected chi connectivity index (χ1v) is 9.61. The number of methoxy groups -OCH3 is 1. The number of terminal acetylenes is 1. The molecule has 0 saturated carbocycles. The Labute approximate surface area is 180 Å². The van der Waals surface area contributed by atoms with Crippen LogP contribution in [-0.4, -0.2) is 23.3 Å². The number of rotatable bonds is 6. The zero-order valence-electron chi connectivity index (χ0n) is 16.3. The van der Waals surface area contributed by atoms with E-state index < -0.39 is 11.7 Å². The van der Waals surface area contributed by atoms with Gasteiger partial charge in [-0.2, -0.15) is 13.2 Å². The second-order valence-corrected chi connectivity index (χ2v) is 7.31. The lowest BCUT2D eigenvalue weighted by molar-refractivity contribution is -0.137. The minimum Gasteiger partial charge on any atom is -0.496 e. The van der Waals surface area contributed by atoms with Gasteiger partial charge >= 0.3 is 6.18 Å². The number of pyridine rings is 1. The van der Waals surface area contributed by atoms with E-state index in [9.17, 15) is 13.2 Å². The standard InChI is InChI=1S/C22H17F3N4OS/c1-4-14(10-27-13(2)31-19-8-6-5-7-18(19)30-3)20(26)17-12-29-21-16(17)9-15(11-28-21)22(23,24)25/h1,5-12H,2,26H2,3H3,(H,28,29)/b20-14-,27-10?. The number of nitrogens with two attached hydrogens (primary N) is 1. The number of hydrogen-bond acceptors (Lipinski definition) is 5. The Morgan fingerprint density at radius 1 is 1.39 bits per heavy atom. The molecule has 0 spiro atoms. The van der Waals surface area contributed by atoms with Crippen LogP contribution in [0, 0.1) is 12.3 Å². The van der Waals surface area contributed by atoms with E-state index in [1.807, 2.05) is 24.3 Å². The molecule has 0 aliphatic heterocycles. The fourth-order valence-electron chi connectivity index (χ4n) is 2.70. The zero-order chi connectivity index (χ0) is 22.6. The summed E-state index contributed by atoms with van der Waals surface area (Å²) in [6.07, 6.45) is 4.59. The quantitative estimate of drug-likeness (QED) is 0.311. The molecule has 3 aromatic rings. The van der Waals surface area contributed by atoms with Crippen molar-refractivity contribution in [3.8, 4) is 18.1 Å². The third kappa shape index (κ3) is 4.92. The Morgan fingerprint density at radius 3 is 2.81 bits per heavy atom. The van der Waals surface area contributed by atoms with Crippen molar-refractivity contribution in [1.82, 2.24) is 9.97 Å². The smallest absolute Gasteiger partial charge is 0.417 e. The van der Waals surface area contributed by atoms with Crippen LogP contribution in [0.5, 0.6) is 5.75 Å². The molecular formula is C22H17F3N4OS. The Hall–Kier alpha value is -3.64. The number of aliphatic imine (C=N–C) groups is 1. The fourth-order valence-corrected chi connectivity index (χ4v) is 3.46. The lowest BCUT2D eigenvalue weighted by Gasteiger charge is -2.08. The van der Waals surface area contributed by atoms with E-state index in [0.717, 1.165) is 17.2 Å². The van der Waals surface area contributed by atoms with E-state index in [4.69, 9.17) is 16.9 Å². The number of ether oxygens (including phenoxy) is 1. The number of benzene rings is 1. The van der Waals surface area contributed by atoms with E-state index in [2.05, 4.69) is 27.5 Å². The first-order chi connectivity index (χ1) is 14.7. The molecule has 0 saturated heterocycles. The molecule has 0 radical (unpaired) electrons. The summed E-state index contributed by atoms with van der Waals surface area (Å²) in [4.78, 5) is 11.6. The van der Waals surface area contributed by atoms with Crippen LogP contribution in [0.3, 0.4) is 0 Å². The van der Waals surface area contributed by atoms with Gasteiger partial charge in [-0.1, -0.05) is 36.4 Å². The van der Waals surface area contributed by atoms with Crippen LogP contribution in [0.2, 0.25) is 0 Å². The molecule has 158 valence electrons. The van der Waals surface area contributed by atoms with E-state index in [0.29, 0.717) is 16.3 Å². The number of nitrogens with one attached hydrogen (secondary N) is 1. The summed E-state index contributed by atoms with van der Waals surface area (Å²) in [6, 6.07) is 8.34. The van der Waals surface area contributed by atoms with Crippen LogP contribution in [0.4, 0.5) is 13.2 Å². The molecule has 0 amide bonds. The molecule has 31 heavy (non-hydrogen) atoms. The normalized spacial score (nSPS) is 12.6. The molecule has 0 atom stereocenters. The predicted molar refractivity (Wildman–Crippen MR) is 118 cm³/mol. The number of aromatic amines is 1. The van der Waals surface area contributed by atoms with Crippen LogP contribution in [-0.2, 0) is 6.18 Å². The Kier molecular flexibility index (Phi) is 6.42. The summed E-state index contributed by atoms with van der Waals surface area (Å²) >= 11 is 1.27.